The highest BCUT2D eigenvalue weighted by molar-refractivity contribution is 7.89. The van der Waals surface area contributed by atoms with Gasteiger partial charge in [0.1, 0.15) is 0 Å². The van der Waals surface area contributed by atoms with Gasteiger partial charge < -0.3 is 10.2 Å². The SMILES string of the molecule is CNC(=O)C1CCN(C(=O)C2CCN(S(=O)(=O)c3c(C)c(C)cc(C)c3C)CC2)CC1. The van der Waals surface area contributed by atoms with Crippen LogP contribution in [0.2, 0.25) is 0 Å². The summed E-state index contributed by atoms with van der Waals surface area (Å²) >= 11 is 0. The van der Waals surface area contributed by atoms with Gasteiger partial charge in [-0.15, -0.1) is 0 Å². The summed E-state index contributed by atoms with van der Waals surface area (Å²) in [4.78, 5) is 27.1. The predicted octanol–water partition coefficient (Wildman–Crippen LogP) is 2.31. The van der Waals surface area contributed by atoms with Crippen molar-refractivity contribution in [3.05, 3.63) is 28.3 Å². The Balaban J connectivity index is 1.65. The number of sulfonamides is 1. The van der Waals surface area contributed by atoms with Crippen LogP contribution in [0.1, 0.15) is 47.9 Å². The standard InChI is InChI=1S/C23H35N3O4S/c1-15-14-16(2)18(4)21(17(15)3)31(29,30)26-12-8-20(9-13-26)23(28)25-10-6-19(7-11-25)22(27)24-5/h14,19-20H,6-13H2,1-5H3,(H,24,27). The lowest BCUT2D eigenvalue weighted by Crippen LogP contribution is -2.47. The Hall–Kier alpha value is -1.93. The van der Waals surface area contributed by atoms with E-state index >= 15 is 0 Å². The fraction of sp³-hybridized carbons (Fsp3) is 0.652. The molecule has 0 unspecified atom stereocenters. The van der Waals surface area contributed by atoms with Crippen LogP contribution in [0.3, 0.4) is 0 Å². The number of piperidine rings is 2. The first-order valence-electron chi connectivity index (χ1n) is 11.2. The molecule has 7 nitrogen and oxygen atoms in total. The molecule has 2 amide bonds. The van der Waals surface area contributed by atoms with Gasteiger partial charge in [0.2, 0.25) is 21.8 Å². The van der Waals surface area contributed by atoms with Gasteiger partial charge in [-0.2, -0.15) is 4.31 Å². The number of amides is 2. The van der Waals surface area contributed by atoms with E-state index in [4.69, 9.17) is 0 Å². The van der Waals surface area contributed by atoms with Gasteiger partial charge in [-0.3, -0.25) is 9.59 Å². The van der Waals surface area contributed by atoms with Crippen molar-refractivity contribution < 1.29 is 18.0 Å². The molecule has 0 aliphatic carbocycles. The van der Waals surface area contributed by atoms with E-state index in [2.05, 4.69) is 5.32 Å². The van der Waals surface area contributed by atoms with E-state index in [0.717, 1.165) is 22.3 Å². The second-order valence-corrected chi connectivity index (χ2v) is 10.9. The molecule has 0 atom stereocenters. The number of hydrogen-bond acceptors (Lipinski definition) is 4. The van der Waals surface area contributed by atoms with Crippen LogP contribution in [0.15, 0.2) is 11.0 Å². The third-order valence-corrected chi connectivity index (χ3v) is 9.30. The largest absolute Gasteiger partial charge is 0.359 e. The summed E-state index contributed by atoms with van der Waals surface area (Å²) in [5.74, 6) is -0.0245. The van der Waals surface area contributed by atoms with Crippen LogP contribution < -0.4 is 5.32 Å². The summed E-state index contributed by atoms with van der Waals surface area (Å²) in [7, 11) is -1.96. The normalized spacial score (nSPS) is 19.5. The topological polar surface area (TPSA) is 86.8 Å². The van der Waals surface area contributed by atoms with Crippen LogP contribution in [0.4, 0.5) is 0 Å². The van der Waals surface area contributed by atoms with Crippen molar-refractivity contribution in [2.75, 3.05) is 33.2 Å². The Bertz CT molecular complexity index is 931. The molecule has 2 aliphatic heterocycles. The number of likely N-dealkylation sites (tertiary alicyclic amines) is 1. The van der Waals surface area contributed by atoms with Gasteiger partial charge in [0.15, 0.2) is 0 Å². The van der Waals surface area contributed by atoms with Gasteiger partial charge in [-0.25, -0.2) is 8.42 Å². The molecule has 8 heteroatoms. The molecule has 3 rings (SSSR count). The van der Waals surface area contributed by atoms with E-state index in [0.29, 0.717) is 56.8 Å². The smallest absolute Gasteiger partial charge is 0.243 e. The van der Waals surface area contributed by atoms with Crippen LogP contribution in [0, 0.1) is 39.5 Å². The second kappa shape index (κ2) is 9.28. The summed E-state index contributed by atoms with van der Waals surface area (Å²) in [5.41, 5.74) is 3.57. The third-order valence-electron chi connectivity index (χ3n) is 7.12. The summed E-state index contributed by atoms with van der Waals surface area (Å²) in [6, 6.07) is 2.03. The molecular formula is C23H35N3O4S. The third kappa shape index (κ3) is 4.65. The minimum absolute atomic E-state index is 0.0229. The maximum absolute atomic E-state index is 13.4. The van der Waals surface area contributed by atoms with Crippen molar-refractivity contribution in [1.82, 2.24) is 14.5 Å². The van der Waals surface area contributed by atoms with Crippen LogP contribution in [0.5, 0.6) is 0 Å². The Kier molecular flexibility index (Phi) is 7.11. The van der Waals surface area contributed by atoms with Gasteiger partial charge in [-0.05, 0) is 75.6 Å². The Morgan fingerprint density at radius 3 is 1.84 bits per heavy atom. The van der Waals surface area contributed by atoms with E-state index in [-0.39, 0.29) is 23.7 Å². The summed E-state index contributed by atoms with van der Waals surface area (Å²) < 4.78 is 28.4. The molecule has 0 aromatic heterocycles. The first-order valence-corrected chi connectivity index (χ1v) is 12.6. The number of rotatable bonds is 4. The fourth-order valence-corrected chi connectivity index (χ4v) is 6.91. The van der Waals surface area contributed by atoms with Crippen molar-refractivity contribution in [3.8, 4) is 0 Å². The molecule has 0 spiro atoms. The number of nitrogens with zero attached hydrogens (tertiary/aromatic N) is 2. The van der Waals surface area contributed by atoms with E-state index in [1.54, 1.807) is 11.4 Å². The molecule has 172 valence electrons. The van der Waals surface area contributed by atoms with Crippen LogP contribution >= 0.6 is 0 Å². The number of aryl methyl sites for hydroxylation is 2. The number of carbonyl (C=O) groups excluding carboxylic acids is 2. The molecule has 1 aromatic rings. The summed E-state index contributed by atoms with van der Waals surface area (Å²) in [6.07, 6.45) is 2.44. The monoisotopic (exact) mass is 449 g/mol. The average Bonchev–Trinajstić information content (AvgIpc) is 2.77. The quantitative estimate of drug-likeness (QED) is 0.764. The van der Waals surface area contributed by atoms with Gasteiger partial charge in [0.05, 0.1) is 4.90 Å². The highest BCUT2D eigenvalue weighted by atomic mass is 32.2. The molecule has 1 N–H and O–H groups in total. The molecule has 2 fully saturated rings. The van der Waals surface area contributed by atoms with E-state index < -0.39 is 10.0 Å². The number of carbonyl (C=O) groups is 2. The highest BCUT2D eigenvalue weighted by Gasteiger charge is 2.36. The Labute approximate surface area is 186 Å². The van der Waals surface area contributed by atoms with E-state index in [1.807, 2.05) is 38.7 Å². The molecular weight excluding hydrogens is 414 g/mol. The second-order valence-electron chi connectivity index (χ2n) is 8.98. The van der Waals surface area contributed by atoms with E-state index in [1.165, 1.54) is 0 Å². The number of benzene rings is 1. The fourth-order valence-electron chi connectivity index (χ4n) is 4.86. The van der Waals surface area contributed by atoms with Crippen LogP contribution in [-0.4, -0.2) is 62.7 Å². The van der Waals surface area contributed by atoms with Gasteiger partial charge in [-0.1, -0.05) is 6.07 Å². The maximum Gasteiger partial charge on any atom is 0.243 e. The van der Waals surface area contributed by atoms with Crippen molar-refractivity contribution in [2.24, 2.45) is 11.8 Å². The van der Waals surface area contributed by atoms with Gasteiger partial charge in [0, 0.05) is 45.1 Å². The Morgan fingerprint density at radius 1 is 0.871 bits per heavy atom. The minimum atomic E-state index is -3.60. The number of nitrogens with one attached hydrogen (secondary N) is 1. The first kappa shape index (κ1) is 23.7. The van der Waals surface area contributed by atoms with Gasteiger partial charge in [0.25, 0.3) is 0 Å². The molecule has 2 aliphatic rings. The maximum atomic E-state index is 13.4. The molecule has 2 heterocycles. The van der Waals surface area contributed by atoms with Crippen molar-refractivity contribution in [3.63, 3.8) is 0 Å². The molecule has 31 heavy (non-hydrogen) atoms. The zero-order valence-corrected chi connectivity index (χ0v) is 20.1. The Morgan fingerprint density at radius 2 is 1.35 bits per heavy atom. The summed E-state index contributed by atoms with van der Waals surface area (Å²) in [5, 5.41) is 2.68. The molecule has 0 radical (unpaired) electrons. The first-order chi connectivity index (χ1) is 14.6. The van der Waals surface area contributed by atoms with Gasteiger partial charge >= 0.3 is 0 Å². The number of hydrogen-bond donors (Lipinski definition) is 1. The molecule has 0 bridgehead atoms. The van der Waals surface area contributed by atoms with Crippen molar-refractivity contribution in [1.29, 1.82) is 0 Å². The molecule has 2 saturated heterocycles. The van der Waals surface area contributed by atoms with Crippen molar-refractivity contribution in [2.45, 2.75) is 58.3 Å². The average molecular weight is 450 g/mol. The van der Waals surface area contributed by atoms with Crippen molar-refractivity contribution >= 4 is 21.8 Å². The lowest BCUT2D eigenvalue weighted by atomic mass is 9.92. The molecule has 0 saturated carbocycles. The summed E-state index contributed by atoms with van der Waals surface area (Å²) in [6.45, 7) is 9.53. The lowest BCUT2D eigenvalue weighted by molar-refractivity contribution is -0.140. The zero-order valence-electron chi connectivity index (χ0n) is 19.3. The highest BCUT2D eigenvalue weighted by Crippen LogP contribution is 2.32. The predicted molar refractivity (Wildman–Crippen MR) is 120 cm³/mol. The minimum Gasteiger partial charge on any atom is -0.359 e. The lowest BCUT2D eigenvalue weighted by Gasteiger charge is -2.37. The zero-order chi connectivity index (χ0) is 22.9. The van der Waals surface area contributed by atoms with Crippen LogP contribution in [-0.2, 0) is 19.6 Å². The van der Waals surface area contributed by atoms with E-state index in [9.17, 15) is 18.0 Å². The van der Waals surface area contributed by atoms with Crippen LogP contribution in [0.25, 0.3) is 0 Å². The molecule has 1 aromatic carbocycles.